The monoisotopic (exact) mass is 317 g/mol. The molecule has 1 heterocycles. The molecule has 20 heavy (non-hydrogen) atoms. The summed E-state index contributed by atoms with van der Waals surface area (Å²) in [4.78, 5) is 1.73. The normalized spacial score (nSPS) is 22.9. The molecule has 0 aromatic carbocycles. The van der Waals surface area contributed by atoms with Crippen molar-refractivity contribution in [2.45, 2.75) is 64.0 Å². The molecule has 2 N–H and O–H groups in total. The Kier molecular flexibility index (Phi) is 4.59. The lowest BCUT2D eigenvalue weighted by molar-refractivity contribution is 0.188. The van der Waals surface area contributed by atoms with Gasteiger partial charge in [0.25, 0.3) is 0 Å². The largest absolute Gasteiger partial charge is 0.391 e. The van der Waals surface area contributed by atoms with Crippen molar-refractivity contribution in [3.63, 3.8) is 0 Å². The maximum atomic E-state index is 12.6. The van der Waals surface area contributed by atoms with E-state index in [2.05, 4.69) is 18.6 Å². The Morgan fingerprint density at radius 2 is 2.15 bits per heavy atom. The molecule has 0 amide bonds. The molecule has 1 aliphatic rings. The minimum atomic E-state index is -3.50. The van der Waals surface area contributed by atoms with Crippen LogP contribution in [-0.4, -0.2) is 19.6 Å². The molecule has 0 radical (unpaired) electrons. The van der Waals surface area contributed by atoms with E-state index < -0.39 is 10.0 Å². The van der Waals surface area contributed by atoms with Crippen molar-refractivity contribution in [3.8, 4) is 0 Å². The summed E-state index contributed by atoms with van der Waals surface area (Å²) >= 11 is 1.33. The van der Waals surface area contributed by atoms with Gasteiger partial charge < -0.3 is 5.11 Å². The summed E-state index contributed by atoms with van der Waals surface area (Å²) in [6.45, 7) is 5.91. The van der Waals surface area contributed by atoms with E-state index in [1.54, 1.807) is 13.0 Å². The first-order chi connectivity index (χ1) is 9.26. The zero-order chi connectivity index (χ0) is 15.0. The number of aryl methyl sites for hydroxylation is 1. The standard InChI is InChI=1S/C14H23NO3S2/c1-10-12(8-11(9-16)19-10)20(17,18)15-13-6-4-5-7-14(13,2)3/h8,13,15-16H,4-7,9H2,1-3H3. The van der Waals surface area contributed by atoms with Gasteiger partial charge in [0.2, 0.25) is 10.0 Å². The molecule has 2 rings (SSSR count). The molecule has 1 atom stereocenters. The lowest BCUT2D eigenvalue weighted by Gasteiger charge is -2.38. The summed E-state index contributed by atoms with van der Waals surface area (Å²) < 4.78 is 28.0. The van der Waals surface area contributed by atoms with E-state index in [0.717, 1.165) is 30.6 Å². The zero-order valence-corrected chi connectivity index (χ0v) is 13.9. The quantitative estimate of drug-likeness (QED) is 0.897. The Morgan fingerprint density at radius 1 is 1.45 bits per heavy atom. The topological polar surface area (TPSA) is 66.4 Å². The van der Waals surface area contributed by atoms with Crippen LogP contribution in [0.15, 0.2) is 11.0 Å². The summed E-state index contributed by atoms with van der Waals surface area (Å²) in [5.41, 5.74) is -0.00491. The van der Waals surface area contributed by atoms with Crippen LogP contribution in [-0.2, 0) is 16.6 Å². The third-order valence-electron chi connectivity index (χ3n) is 4.17. The maximum absolute atomic E-state index is 12.6. The Labute approximate surface area is 125 Å². The van der Waals surface area contributed by atoms with E-state index in [0.29, 0.717) is 9.77 Å². The fourth-order valence-corrected chi connectivity index (χ4v) is 5.77. The number of nitrogens with one attached hydrogen (secondary N) is 1. The second-order valence-electron chi connectivity index (χ2n) is 6.20. The summed E-state index contributed by atoms with van der Waals surface area (Å²) in [7, 11) is -3.50. The van der Waals surface area contributed by atoms with Crippen molar-refractivity contribution in [2.75, 3.05) is 0 Å². The van der Waals surface area contributed by atoms with Gasteiger partial charge in [0.15, 0.2) is 0 Å². The van der Waals surface area contributed by atoms with Crippen LogP contribution in [0.25, 0.3) is 0 Å². The maximum Gasteiger partial charge on any atom is 0.241 e. The fraction of sp³-hybridized carbons (Fsp3) is 0.714. The van der Waals surface area contributed by atoms with Gasteiger partial charge in [-0.05, 0) is 31.2 Å². The molecule has 114 valence electrons. The summed E-state index contributed by atoms with van der Waals surface area (Å²) in [5.74, 6) is 0. The van der Waals surface area contributed by atoms with E-state index in [1.807, 2.05) is 0 Å². The third-order valence-corrected chi connectivity index (χ3v) is 6.94. The molecule has 0 aliphatic heterocycles. The van der Waals surface area contributed by atoms with E-state index in [4.69, 9.17) is 5.11 Å². The first-order valence-electron chi connectivity index (χ1n) is 6.99. The summed E-state index contributed by atoms with van der Waals surface area (Å²) in [6, 6.07) is 1.57. The van der Waals surface area contributed by atoms with Crippen LogP contribution in [0.5, 0.6) is 0 Å². The minimum absolute atomic E-state index is 0.00491. The van der Waals surface area contributed by atoms with Crippen molar-refractivity contribution in [2.24, 2.45) is 5.41 Å². The van der Waals surface area contributed by atoms with E-state index in [1.165, 1.54) is 11.3 Å². The zero-order valence-electron chi connectivity index (χ0n) is 12.3. The van der Waals surface area contributed by atoms with Crippen LogP contribution in [0, 0.1) is 12.3 Å². The van der Waals surface area contributed by atoms with Gasteiger partial charge in [0.1, 0.15) is 0 Å². The number of sulfonamides is 1. The first kappa shape index (κ1) is 15.9. The van der Waals surface area contributed by atoms with Crippen molar-refractivity contribution in [3.05, 3.63) is 15.8 Å². The van der Waals surface area contributed by atoms with Crippen molar-refractivity contribution in [1.29, 1.82) is 0 Å². The Bertz CT molecular complexity index is 575. The van der Waals surface area contributed by atoms with Gasteiger partial charge in [0, 0.05) is 15.8 Å². The second kappa shape index (κ2) is 5.75. The van der Waals surface area contributed by atoms with Gasteiger partial charge in [-0.3, -0.25) is 0 Å². The second-order valence-corrected chi connectivity index (χ2v) is 9.22. The average Bonchev–Trinajstić information content (AvgIpc) is 2.74. The smallest absolute Gasteiger partial charge is 0.241 e. The molecule has 1 fully saturated rings. The average molecular weight is 317 g/mol. The van der Waals surface area contributed by atoms with Crippen LogP contribution in [0.2, 0.25) is 0 Å². The van der Waals surface area contributed by atoms with Gasteiger partial charge in [0.05, 0.1) is 11.5 Å². The third kappa shape index (κ3) is 3.24. The number of hydrogen-bond donors (Lipinski definition) is 2. The molecule has 1 unspecified atom stereocenters. The van der Waals surface area contributed by atoms with Crippen molar-refractivity contribution >= 4 is 21.4 Å². The van der Waals surface area contributed by atoms with E-state index in [9.17, 15) is 8.42 Å². The van der Waals surface area contributed by atoms with Crippen LogP contribution < -0.4 is 4.72 Å². The number of hydrogen-bond acceptors (Lipinski definition) is 4. The van der Waals surface area contributed by atoms with Crippen LogP contribution in [0.3, 0.4) is 0 Å². The predicted molar refractivity (Wildman–Crippen MR) is 81.3 cm³/mol. The van der Waals surface area contributed by atoms with Gasteiger partial charge in [-0.25, -0.2) is 13.1 Å². The molecule has 1 saturated carbocycles. The lowest BCUT2D eigenvalue weighted by atomic mass is 9.74. The Hall–Kier alpha value is -0.430. The molecule has 1 aromatic rings. The SMILES string of the molecule is Cc1sc(CO)cc1S(=O)(=O)NC1CCCCC1(C)C. The molecule has 1 aromatic heterocycles. The Balaban J connectivity index is 2.24. The number of thiophene rings is 1. The number of aliphatic hydroxyl groups is 1. The van der Waals surface area contributed by atoms with Gasteiger partial charge in [-0.2, -0.15) is 0 Å². The van der Waals surface area contributed by atoms with E-state index in [-0.39, 0.29) is 18.1 Å². The number of rotatable bonds is 4. The highest BCUT2D eigenvalue weighted by atomic mass is 32.2. The van der Waals surface area contributed by atoms with Crippen molar-refractivity contribution < 1.29 is 13.5 Å². The molecule has 1 aliphatic carbocycles. The fourth-order valence-electron chi connectivity index (χ4n) is 2.83. The molecule has 0 saturated heterocycles. The summed E-state index contributed by atoms with van der Waals surface area (Å²) in [5, 5.41) is 9.14. The molecule has 0 spiro atoms. The lowest BCUT2D eigenvalue weighted by Crippen LogP contribution is -2.46. The minimum Gasteiger partial charge on any atom is -0.391 e. The Morgan fingerprint density at radius 3 is 2.70 bits per heavy atom. The van der Waals surface area contributed by atoms with Crippen LogP contribution >= 0.6 is 11.3 Å². The molecular weight excluding hydrogens is 294 g/mol. The summed E-state index contributed by atoms with van der Waals surface area (Å²) in [6.07, 6.45) is 4.17. The molecule has 6 heteroatoms. The van der Waals surface area contributed by atoms with Crippen LogP contribution in [0.1, 0.15) is 49.3 Å². The predicted octanol–water partition coefficient (Wildman–Crippen LogP) is 2.80. The molecular formula is C14H23NO3S2. The van der Waals surface area contributed by atoms with Crippen LogP contribution in [0.4, 0.5) is 0 Å². The molecule has 0 bridgehead atoms. The van der Waals surface area contributed by atoms with E-state index >= 15 is 0 Å². The first-order valence-corrected chi connectivity index (χ1v) is 9.29. The highest BCUT2D eigenvalue weighted by molar-refractivity contribution is 7.89. The van der Waals surface area contributed by atoms with Gasteiger partial charge in [-0.1, -0.05) is 26.7 Å². The van der Waals surface area contributed by atoms with Gasteiger partial charge >= 0.3 is 0 Å². The highest BCUT2D eigenvalue weighted by Crippen LogP contribution is 2.36. The number of aliphatic hydroxyl groups excluding tert-OH is 1. The highest BCUT2D eigenvalue weighted by Gasteiger charge is 2.35. The van der Waals surface area contributed by atoms with Crippen molar-refractivity contribution in [1.82, 2.24) is 4.72 Å². The molecule has 4 nitrogen and oxygen atoms in total. The van der Waals surface area contributed by atoms with Gasteiger partial charge in [-0.15, -0.1) is 11.3 Å².